The number of hydrogen-bond donors (Lipinski definition) is 2. The van der Waals surface area contributed by atoms with E-state index in [0.29, 0.717) is 17.6 Å². The molecule has 2 aliphatic carbocycles. The molecule has 0 aliphatic heterocycles. The fourth-order valence-corrected chi connectivity index (χ4v) is 4.66. The van der Waals surface area contributed by atoms with Crippen molar-refractivity contribution in [2.24, 2.45) is 10.4 Å². The van der Waals surface area contributed by atoms with Gasteiger partial charge in [0, 0.05) is 44.6 Å². The monoisotopic (exact) mass is 362 g/mol. The molecular formula is C19H34N6O. The van der Waals surface area contributed by atoms with Crippen LogP contribution in [0.15, 0.2) is 11.3 Å². The second-order valence-electron chi connectivity index (χ2n) is 7.46. The molecule has 146 valence electrons. The van der Waals surface area contributed by atoms with Gasteiger partial charge in [0.1, 0.15) is 12.2 Å². The number of aryl methyl sites for hydroxylation is 1. The molecule has 7 nitrogen and oxygen atoms in total. The summed E-state index contributed by atoms with van der Waals surface area (Å²) in [6.45, 7) is 6.66. The lowest BCUT2D eigenvalue weighted by molar-refractivity contribution is -0.145. The van der Waals surface area contributed by atoms with Crippen molar-refractivity contribution >= 4 is 5.96 Å². The van der Waals surface area contributed by atoms with Crippen LogP contribution in [0.4, 0.5) is 0 Å². The number of aliphatic imine (C=N–C) groups is 1. The normalized spacial score (nSPS) is 25.1. The predicted octanol–water partition coefficient (Wildman–Crippen LogP) is 2.13. The van der Waals surface area contributed by atoms with Crippen molar-refractivity contribution in [3.63, 3.8) is 0 Å². The van der Waals surface area contributed by atoms with Crippen LogP contribution in [0, 0.1) is 5.41 Å². The Labute approximate surface area is 157 Å². The topological polar surface area (TPSA) is 76.4 Å². The highest BCUT2D eigenvalue weighted by Crippen LogP contribution is 2.53. The van der Waals surface area contributed by atoms with Crippen LogP contribution in [0.5, 0.6) is 0 Å². The Morgan fingerprint density at radius 1 is 1.35 bits per heavy atom. The maximum atomic E-state index is 6.05. The Bertz CT molecular complexity index is 593. The van der Waals surface area contributed by atoms with Gasteiger partial charge in [-0.15, -0.1) is 10.2 Å². The molecule has 1 spiro atoms. The maximum absolute atomic E-state index is 6.05. The lowest BCUT2D eigenvalue weighted by Crippen LogP contribution is -2.66. The molecule has 2 N–H and O–H groups in total. The zero-order chi connectivity index (χ0) is 18.4. The van der Waals surface area contributed by atoms with Crippen molar-refractivity contribution in [3.8, 4) is 0 Å². The summed E-state index contributed by atoms with van der Waals surface area (Å²) in [5.41, 5.74) is 0.301. The standard InChI is InChI=1S/C19H34N6O/c1-4-17-24-22-14-25(17)12-11-21-18(20-3)23-15-13-16(26-5-2)19(15)9-7-6-8-10-19/h14-16H,4-13H2,1-3H3,(H2,20,21,23). The number of nitrogens with one attached hydrogen (secondary N) is 2. The Balaban J connectivity index is 1.53. The summed E-state index contributed by atoms with van der Waals surface area (Å²) in [6, 6.07) is 0.465. The molecule has 0 radical (unpaired) electrons. The number of guanidine groups is 1. The Morgan fingerprint density at radius 3 is 2.85 bits per heavy atom. The molecule has 1 aromatic rings. The molecule has 0 bridgehead atoms. The van der Waals surface area contributed by atoms with E-state index in [0.717, 1.165) is 44.3 Å². The highest BCUT2D eigenvalue weighted by molar-refractivity contribution is 5.80. The summed E-state index contributed by atoms with van der Waals surface area (Å²) in [5, 5.41) is 15.2. The smallest absolute Gasteiger partial charge is 0.191 e. The van der Waals surface area contributed by atoms with Gasteiger partial charge in [0.25, 0.3) is 0 Å². The van der Waals surface area contributed by atoms with Crippen LogP contribution < -0.4 is 10.6 Å². The molecule has 2 atom stereocenters. The van der Waals surface area contributed by atoms with Gasteiger partial charge in [0.2, 0.25) is 0 Å². The molecule has 3 rings (SSSR count). The largest absolute Gasteiger partial charge is 0.378 e. The van der Waals surface area contributed by atoms with Gasteiger partial charge in [0.15, 0.2) is 5.96 Å². The quantitative estimate of drug-likeness (QED) is 0.574. The fourth-order valence-electron chi connectivity index (χ4n) is 4.66. The number of rotatable bonds is 7. The van der Waals surface area contributed by atoms with Gasteiger partial charge >= 0.3 is 0 Å². The summed E-state index contributed by atoms with van der Waals surface area (Å²) in [5.74, 6) is 1.91. The molecule has 2 fully saturated rings. The van der Waals surface area contributed by atoms with Gasteiger partial charge in [-0.2, -0.15) is 0 Å². The van der Waals surface area contributed by atoms with Crippen LogP contribution in [-0.4, -0.2) is 53.1 Å². The average molecular weight is 363 g/mol. The first-order valence-corrected chi connectivity index (χ1v) is 10.2. The zero-order valence-corrected chi connectivity index (χ0v) is 16.5. The summed E-state index contributed by atoms with van der Waals surface area (Å²) in [7, 11) is 1.85. The number of ether oxygens (including phenoxy) is 1. The SMILES string of the molecule is CCOC1CC(NC(=NC)NCCn2cnnc2CC)C12CCCCC2. The van der Waals surface area contributed by atoms with E-state index in [1.165, 1.54) is 32.1 Å². The third-order valence-electron chi connectivity index (χ3n) is 6.13. The van der Waals surface area contributed by atoms with Crippen molar-refractivity contribution < 1.29 is 4.74 Å². The molecule has 0 amide bonds. The Hall–Kier alpha value is -1.63. The van der Waals surface area contributed by atoms with Gasteiger partial charge in [-0.05, 0) is 26.2 Å². The Kier molecular flexibility index (Phi) is 6.51. The highest BCUT2D eigenvalue weighted by Gasteiger charge is 2.55. The van der Waals surface area contributed by atoms with Crippen LogP contribution in [0.2, 0.25) is 0 Å². The van der Waals surface area contributed by atoms with Gasteiger partial charge in [-0.1, -0.05) is 26.2 Å². The summed E-state index contributed by atoms with van der Waals surface area (Å²) < 4.78 is 8.15. The Morgan fingerprint density at radius 2 is 2.15 bits per heavy atom. The minimum absolute atomic E-state index is 0.301. The van der Waals surface area contributed by atoms with Crippen LogP contribution >= 0.6 is 0 Å². The lowest BCUT2D eigenvalue weighted by Gasteiger charge is -2.57. The van der Waals surface area contributed by atoms with E-state index in [4.69, 9.17) is 4.74 Å². The van der Waals surface area contributed by atoms with E-state index in [2.05, 4.69) is 44.2 Å². The minimum atomic E-state index is 0.301. The average Bonchev–Trinajstić information content (AvgIpc) is 3.14. The van der Waals surface area contributed by atoms with E-state index in [9.17, 15) is 0 Å². The van der Waals surface area contributed by atoms with Crippen LogP contribution in [-0.2, 0) is 17.7 Å². The first-order chi connectivity index (χ1) is 12.7. The van der Waals surface area contributed by atoms with Crippen LogP contribution in [0.1, 0.15) is 58.2 Å². The molecule has 26 heavy (non-hydrogen) atoms. The van der Waals surface area contributed by atoms with Crippen molar-refractivity contribution in [1.29, 1.82) is 0 Å². The number of aromatic nitrogens is 3. The van der Waals surface area contributed by atoms with E-state index in [1.807, 2.05) is 7.05 Å². The van der Waals surface area contributed by atoms with E-state index >= 15 is 0 Å². The first-order valence-electron chi connectivity index (χ1n) is 10.2. The minimum Gasteiger partial charge on any atom is -0.378 e. The summed E-state index contributed by atoms with van der Waals surface area (Å²) in [6.07, 6.45) is 10.7. The van der Waals surface area contributed by atoms with Gasteiger partial charge in [0.05, 0.1) is 6.10 Å². The molecule has 2 saturated carbocycles. The highest BCUT2D eigenvalue weighted by atomic mass is 16.5. The van der Waals surface area contributed by atoms with Crippen LogP contribution in [0.3, 0.4) is 0 Å². The maximum Gasteiger partial charge on any atom is 0.191 e. The second-order valence-corrected chi connectivity index (χ2v) is 7.46. The van der Waals surface area contributed by atoms with Gasteiger partial charge in [-0.3, -0.25) is 4.99 Å². The van der Waals surface area contributed by atoms with Gasteiger partial charge in [-0.25, -0.2) is 0 Å². The van der Waals surface area contributed by atoms with Crippen LogP contribution in [0.25, 0.3) is 0 Å². The van der Waals surface area contributed by atoms with Crippen molar-refractivity contribution in [1.82, 2.24) is 25.4 Å². The summed E-state index contributed by atoms with van der Waals surface area (Å²) >= 11 is 0. The molecule has 2 aliphatic rings. The first kappa shape index (κ1) is 19.1. The van der Waals surface area contributed by atoms with Crippen molar-refractivity contribution in [2.45, 2.75) is 77.5 Å². The lowest BCUT2D eigenvalue weighted by atomic mass is 9.55. The summed E-state index contributed by atoms with van der Waals surface area (Å²) in [4.78, 5) is 4.43. The van der Waals surface area contributed by atoms with E-state index < -0.39 is 0 Å². The molecule has 1 heterocycles. The number of nitrogens with zero attached hydrogens (tertiary/aromatic N) is 4. The van der Waals surface area contributed by atoms with E-state index in [-0.39, 0.29) is 0 Å². The van der Waals surface area contributed by atoms with Crippen molar-refractivity contribution in [2.75, 3.05) is 20.2 Å². The van der Waals surface area contributed by atoms with Crippen molar-refractivity contribution in [3.05, 3.63) is 12.2 Å². The number of hydrogen-bond acceptors (Lipinski definition) is 4. The fraction of sp³-hybridized carbons (Fsp3) is 0.842. The van der Waals surface area contributed by atoms with E-state index in [1.54, 1.807) is 6.33 Å². The predicted molar refractivity (Wildman–Crippen MR) is 103 cm³/mol. The molecular weight excluding hydrogens is 328 g/mol. The molecule has 2 unspecified atom stereocenters. The third-order valence-corrected chi connectivity index (χ3v) is 6.13. The molecule has 0 aromatic carbocycles. The second kappa shape index (κ2) is 8.84. The third kappa shape index (κ3) is 3.87. The molecule has 1 aromatic heterocycles. The van der Waals surface area contributed by atoms with Gasteiger partial charge < -0.3 is 19.9 Å². The molecule has 0 saturated heterocycles. The zero-order valence-electron chi connectivity index (χ0n) is 16.5. The molecule has 7 heteroatoms.